The lowest BCUT2D eigenvalue weighted by atomic mass is 9.86. The van der Waals surface area contributed by atoms with Gasteiger partial charge in [0.25, 0.3) is 0 Å². The molecular formula is C16H21FN2O. The van der Waals surface area contributed by atoms with Crippen LogP contribution < -0.4 is 0 Å². The van der Waals surface area contributed by atoms with Crippen LogP contribution in [0.15, 0.2) is 24.3 Å². The van der Waals surface area contributed by atoms with Crippen molar-refractivity contribution in [2.24, 2.45) is 0 Å². The maximum Gasteiger partial charge on any atom is 0.219 e. The summed E-state index contributed by atoms with van der Waals surface area (Å²) in [6, 6.07) is 7.43. The van der Waals surface area contributed by atoms with Gasteiger partial charge in [0.2, 0.25) is 5.91 Å². The molecule has 4 heteroatoms. The van der Waals surface area contributed by atoms with Crippen molar-refractivity contribution in [3.8, 4) is 0 Å². The fourth-order valence-corrected chi connectivity index (χ4v) is 3.91. The third-order valence-electron chi connectivity index (χ3n) is 4.82. The van der Waals surface area contributed by atoms with Crippen LogP contribution >= 0.6 is 0 Å². The van der Waals surface area contributed by atoms with E-state index in [1.54, 1.807) is 6.92 Å². The minimum atomic E-state index is -0.205. The van der Waals surface area contributed by atoms with E-state index in [4.69, 9.17) is 0 Å². The Bertz CT molecular complexity index is 502. The molecule has 0 unspecified atom stereocenters. The Morgan fingerprint density at radius 3 is 2.65 bits per heavy atom. The molecule has 3 nitrogen and oxygen atoms in total. The van der Waals surface area contributed by atoms with Gasteiger partial charge in [-0.25, -0.2) is 4.39 Å². The molecule has 0 bridgehead atoms. The molecule has 0 N–H and O–H groups in total. The predicted molar refractivity (Wildman–Crippen MR) is 76.0 cm³/mol. The number of halogens is 1. The molecule has 1 amide bonds. The van der Waals surface area contributed by atoms with E-state index in [2.05, 4.69) is 11.9 Å². The molecule has 1 aromatic rings. The Morgan fingerprint density at radius 2 is 2.00 bits per heavy atom. The lowest BCUT2D eigenvalue weighted by Gasteiger charge is -2.39. The highest BCUT2D eigenvalue weighted by atomic mass is 19.1. The summed E-state index contributed by atoms with van der Waals surface area (Å²) in [4.78, 5) is 16.3. The van der Waals surface area contributed by atoms with Gasteiger partial charge >= 0.3 is 0 Å². The van der Waals surface area contributed by atoms with E-state index in [1.807, 2.05) is 17.0 Å². The number of piperidine rings is 1. The number of fused-ring (bicyclic) bond motifs is 1. The smallest absolute Gasteiger partial charge is 0.219 e. The zero-order valence-corrected chi connectivity index (χ0v) is 12.1. The highest BCUT2D eigenvalue weighted by Crippen LogP contribution is 2.39. The van der Waals surface area contributed by atoms with Crippen LogP contribution in [-0.2, 0) is 4.79 Å². The van der Waals surface area contributed by atoms with Crippen molar-refractivity contribution in [1.29, 1.82) is 0 Å². The highest BCUT2D eigenvalue weighted by molar-refractivity contribution is 5.74. The normalized spacial score (nSPS) is 30.4. The van der Waals surface area contributed by atoms with Gasteiger partial charge in [0.15, 0.2) is 0 Å². The molecular weight excluding hydrogens is 255 g/mol. The Kier molecular flexibility index (Phi) is 3.50. The zero-order valence-electron chi connectivity index (χ0n) is 12.1. The highest BCUT2D eigenvalue weighted by Gasteiger charge is 2.46. The summed E-state index contributed by atoms with van der Waals surface area (Å²) in [5, 5.41) is 0. The van der Waals surface area contributed by atoms with Crippen molar-refractivity contribution in [2.45, 2.75) is 37.8 Å². The standard InChI is InChI=1S/C16H21FN2O/c1-11(20)19-10-14(12-5-7-13(17)8-6-12)16-15(19)4-3-9-18(16)2/h5-8,14-16H,3-4,9-10H2,1-2H3/t14-,15-,16-/m1/s1. The molecule has 0 radical (unpaired) electrons. The second kappa shape index (κ2) is 5.17. The summed E-state index contributed by atoms with van der Waals surface area (Å²) in [6.07, 6.45) is 2.21. The molecule has 1 aromatic carbocycles. The zero-order chi connectivity index (χ0) is 14.3. The summed E-state index contributed by atoms with van der Waals surface area (Å²) in [5.74, 6) is 0.235. The van der Waals surface area contributed by atoms with Gasteiger partial charge in [-0.1, -0.05) is 12.1 Å². The lowest BCUT2D eigenvalue weighted by Crippen LogP contribution is -2.49. The maximum absolute atomic E-state index is 13.1. The Balaban J connectivity index is 1.93. The van der Waals surface area contributed by atoms with E-state index < -0.39 is 0 Å². The van der Waals surface area contributed by atoms with Crippen LogP contribution in [0, 0.1) is 5.82 Å². The number of carbonyl (C=O) groups excluding carboxylic acids is 1. The van der Waals surface area contributed by atoms with Crippen LogP contribution in [0.1, 0.15) is 31.2 Å². The largest absolute Gasteiger partial charge is 0.338 e. The first-order chi connectivity index (χ1) is 9.58. The third kappa shape index (κ3) is 2.22. The van der Waals surface area contributed by atoms with Gasteiger partial charge in [-0.15, -0.1) is 0 Å². The second-order valence-electron chi connectivity index (χ2n) is 6.01. The maximum atomic E-state index is 13.1. The molecule has 2 aliphatic rings. The summed E-state index contributed by atoms with van der Waals surface area (Å²) in [6.45, 7) is 3.48. The molecule has 0 aliphatic carbocycles. The summed E-state index contributed by atoms with van der Waals surface area (Å²) < 4.78 is 13.1. The average molecular weight is 276 g/mol. The summed E-state index contributed by atoms with van der Waals surface area (Å²) >= 11 is 0. The fourth-order valence-electron chi connectivity index (χ4n) is 3.91. The molecule has 3 rings (SSSR count). The first-order valence-electron chi connectivity index (χ1n) is 7.31. The van der Waals surface area contributed by atoms with Crippen molar-refractivity contribution in [2.75, 3.05) is 20.1 Å². The average Bonchev–Trinajstić information content (AvgIpc) is 2.81. The number of nitrogens with zero attached hydrogens (tertiary/aromatic N) is 2. The van der Waals surface area contributed by atoms with Crippen LogP contribution in [0.4, 0.5) is 4.39 Å². The molecule has 0 spiro atoms. The molecule has 2 fully saturated rings. The molecule has 2 heterocycles. The molecule has 0 aromatic heterocycles. The summed E-state index contributed by atoms with van der Waals surface area (Å²) in [7, 11) is 2.14. The van der Waals surface area contributed by atoms with E-state index in [-0.39, 0.29) is 17.6 Å². The number of hydrogen-bond acceptors (Lipinski definition) is 2. The number of likely N-dealkylation sites (tertiary alicyclic amines) is 2. The number of hydrogen-bond donors (Lipinski definition) is 0. The second-order valence-corrected chi connectivity index (χ2v) is 6.01. The topological polar surface area (TPSA) is 23.6 Å². The van der Waals surface area contributed by atoms with Crippen LogP contribution in [0.3, 0.4) is 0 Å². The van der Waals surface area contributed by atoms with Crippen molar-refractivity contribution < 1.29 is 9.18 Å². The summed E-state index contributed by atoms with van der Waals surface area (Å²) in [5.41, 5.74) is 1.14. The number of benzene rings is 1. The molecule has 0 saturated carbocycles. The van der Waals surface area contributed by atoms with E-state index in [0.29, 0.717) is 12.1 Å². The fraction of sp³-hybridized carbons (Fsp3) is 0.562. The van der Waals surface area contributed by atoms with Crippen LogP contribution in [0.5, 0.6) is 0 Å². The van der Waals surface area contributed by atoms with E-state index in [9.17, 15) is 9.18 Å². The monoisotopic (exact) mass is 276 g/mol. The number of likely N-dealkylation sites (N-methyl/N-ethyl adjacent to an activating group) is 1. The Labute approximate surface area is 119 Å². The van der Waals surface area contributed by atoms with E-state index in [1.165, 1.54) is 12.1 Å². The van der Waals surface area contributed by atoms with Crippen LogP contribution in [0.25, 0.3) is 0 Å². The minimum absolute atomic E-state index is 0.153. The molecule has 2 aliphatic heterocycles. The van der Waals surface area contributed by atoms with Gasteiger partial charge < -0.3 is 9.80 Å². The Morgan fingerprint density at radius 1 is 1.30 bits per heavy atom. The lowest BCUT2D eigenvalue weighted by molar-refractivity contribution is -0.130. The first-order valence-corrected chi connectivity index (χ1v) is 7.31. The van der Waals surface area contributed by atoms with Crippen molar-refractivity contribution >= 4 is 5.91 Å². The van der Waals surface area contributed by atoms with Crippen molar-refractivity contribution in [3.05, 3.63) is 35.6 Å². The molecule has 20 heavy (non-hydrogen) atoms. The molecule has 2 saturated heterocycles. The van der Waals surface area contributed by atoms with E-state index in [0.717, 1.165) is 31.5 Å². The van der Waals surface area contributed by atoms with Gasteiger partial charge in [-0.3, -0.25) is 4.79 Å². The van der Waals surface area contributed by atoms with Crippen molar-refractivity contribution in [3.63, 3.8) is 0 Å². The van der Waals surface area contributed by atoms with Gasteiger partial charge in [0.05, 0.1) is 0 Å². The van der Waals surface area contributed by atoms with Crippen LogP contribution in [0.2, 0.25) is 0 Å². The van der Waals surface area contributed by atoms with E-state index >= 15 is 0 Å². The van der Waals surface area contributed by atoms with Gasteiger partial charge in [-0.2, -0.15) is 0 Å². The Hall–Kier alpha value is -1.42. The third-order valence-corrected chi connectivity index (χ3v) is 4.82. The van der Waals surface area contributed by atoms with Crippen molar-refractivity contribution in [1.82, 2.24) is 9.80 Å². The number of amides is 1. The van der Waals surface area contributed by atoms with Gasteiger partial charge in [0, 0.05) is 31.5 Å². The SMILES string of the molecule is CC(=O)N1C[C@H](c2ccc(F)cc2)[C@@H]2[C@H]1CCCN2C. The quantitative estimate of drug-likeness (QED) is 0.785. The van der Waals surface area contributed by atoms with Gasteiger partial charge in [0.1, 0.15) is 5.82 Å². The van der Waals surface area contributed by atoms with Crippen LogP contribution in [-0.4, -0.2) is 47.9 Å². The molecule has 3 atom stereocenters. The predicted octanol–water partition coefficient (Wildman–Crippen LogP) is 2.23. The number of carbonyl (C=O) groups is 1. The molecule has 108 valence electrons. The minimum Gasteiger partial charge on any atom is -0.338 e. The first kappa shape index (κ1) is 13.6. The number of rotatable bonds is 1. The van der Waals surface area contributed by atoms with Gasteiger partial charge in [-0.05, 0) is 44.1 Å².